The molecule has 1 aliphatic rings. The van der Waals surface area contributed by atoms with Gasteiger partial charge in [-0.05, 0) is 44.7 Å². The molecule has 0 spiro atoms. The van der Waals surface area contributed by atoms with E-state index < -0.39 is 17.5 Å². The predicted octanol–water partition coefficient (Wildman–Crippen LogP) is 3.28. The van der Waals surface area contributed by atoms with E-state index in [1.807, 2.05) is 32.0 Å². The highest BCUT2D eigenvalue weighted by atomic mass is 16.6. The summed E-state index contributed by atoms with van der Waals surface area (Å²) in [6.45, 7) is 6.01. The van der Waals surface area contributed by atoms with Crippen molar-refractivity contribution in [1.29, 1.82) is 0 Å². The minimum atomic E-state index is -1.18. The second-order valence-electron chi connectivity index (χ2n) is 6.73. The summed E-state index contributed by atoms with van der Waals surface area (Å²) < 4.78 is 16.3. The molecule has 0 atom stereocenters. The molecule has 0 aliphatic heterocycles. The van der Waals surface area contributed by atoms with Gasteiger partial charge >= 0.3 is 11.9 Å². The van der Waals surface area contributed by atoms with Crippen molar-refractivity contribution in [3.63, 3.8) is 0 Å². The molecular weight excluding hydrogens is 320 g/mol. The molecule has 5 heteroatoms. The first-order valence-corrected chi connectivity index (χ1v) is 8.88. The van der Waals surface area contributed by atoms with E-state index in [-0.39, 0.29) is 19.1 Å². The number of ether oxygens (including phenoxy) is 3. The van der Waals surface area contributed by atoms with Gasteiger partial charge in [0.25, 0.3) is 0 Å². The summed E-state index contributed by atoms with van der Waals surface area (Å²) in [5.41, 5.74) is 1.93. The van der Waals surface area contributed by atoms with Crippen LogP contribution in [0.1, 0.15) is 49.3 Å². The van der Waals surface area contributed by atoms with Crippen LogP contribution in [0.15, 0.2) is 18.2 Å². The zero-order valence-corrected chi connectivity index (χ0v) is 15.6. The number of hydrogen-bond acceptors (Lipinski definition) is 5. The Morgan fingerprint density at radius 2 is 1.88 bits per heavy atom. The van der Waals surface area contributed by atoms with Gasteiger partial charge in [0.15, 0.2) is 0 Å². The van der Waals surface area contributed by atoms with E-state index in [2.05, 4.69) is 0 Å². The third-order valence-electron chi connectivity index (χ3n) is 4.86. The van der Waals surface area contributed by atoms with E-state index in [4.69, 9.17) is 14.2 Å². The summed E-state index contributed by atoms with van der Waals surface area (Å²) in [6, 6.07) is 5.94. The smallest absolute Gasteiger partial charge is 0.350 e. The van der Waals surface area contributed by atoms with Gasteiger partial charge in [0.2, 0.25) is 5.60 Å². The number of carbonyl (C=O) groups excluding carboxylic acids is 2. The Morgan fingerprint density at radius 1 is 1.20 bits per heavy atom. The molecule has 0 N–H and O–H groups in total. The van der Waals surface area contributed by atoms with Crippen LogP contribution in [-0.2, 0) is 30.2 Å². The van der Waals surface area contributed by atoms with Gasteiger partial charge in [-0.25, -0.2) is 4.79 Å². The first-order chi connectivity index (χ1) is 11.9. The van der Waals surface area contributed by atoms with Crippen molar-refractivity contribution in [3.05, 3.63) is 34.9 Å². The highest BCUT2D eigenvalue weighted by molar-refractivity contribution is 5.84. The zero-order valence-electron chi connectivity index (χ0n) is 15.6. The summed E-state index contributed by atoms with van der Waals surface area (Å²) in [4.78, 5) is 25.0. The maximum atomic E-state index is 12.5. The van der Waals surface area contributed by atoms with Crippen molar-refractivity contribution in [3.8, 4) is 0 Å². The van der Waals surface area contributed by atoms with Crippen molar-refractivity contribution in [2.45, 2.75) is 64.6 Å². The molecule has 0 unspecified atom stereocenters. The van der Waals surface area contributed by atoms with Crippen LogP contribution >= 0.6 is 0 Å². The fourth-order valence-corrected chi connectivity index (χ4v) is 3.36. The van der Waals surface area contributed by atoms with Crippen molar-refractivity contribution < 1.29 is 23.8 Å². The van der Waals surface area contributed by atoms with Crippen LogP contribution in [0.5, 0.6) is 0 Å². The molecule has 1 fully saturated rings. The van der Waals surface area contributed by atoms with E-state index in [1.165, 1.54) is 0 Å². The molecule has 0 bridgehead atoms. The van der Waals surface area contributed by atoms with E-state index in [0.717, 1.165) is 16.7 Å². The van der Waals surface area contributed by atoms with Crippen molar-refractivity contribution in [2.75, 3.05) is 13.7 Å². The summed E-state index contributed by atoms with van der Waals surface area (Å²) in [5, 5.41) is 0. The van der Waals surface area contributed by atoms with Gasteiger partial charge in [-0.3, -0.25) is 4.79 Å². The van der Waals surface area contributed by atoms with Gasteiger partial charge in [0, 0.05) is 20.0 Å². The van der Waals surface area contributed by atoms with E-state index in [9.17, 15) is 9.59 Å². The first-order valence-electron chi connectivity index (χ1n) is 8.88. The van der Waals surface area contributed by atoms with Crippen LogP contribution in [-0.4, -0.2) is 37.4 Å². The zero-order chi connectivity index (χ0) is 18.4. The quantitative estimate of drug-likeness (QED) is 0.738. The van der Waals surface area contributed by atoms with Crippen LogP contribution in [0, 0.1) is 13.8 Å². The Kier molecular flexibility index (Phi) is 6.59. The number of benzene rings is 1. The summed E-state index contributed by atoms with van der Waals surface area (Å²) >= 11 is 0. The number of carbonyl (C=O) groups is 2. The highest BCUT2D eigenvalue weighted by Crippen LogP contribution is 2.34. The lowest BCUT2D eigenvalue weighted by Gasteiger charge is -2.37. The molecule has 1 aromatic rings. The van der Waals surface area contributed by atoms with Crippen molar-refractivity contribution in [1.82, 2.24) is 0 Å². The lowest BCUT2D eigenvalue weighted by Crippen LogP contribution is -2.48. The molecule has 1 aliphatic carbocycles. The van der Waals surface area contributed by atoms with Crippen LogP contribution in [0.25, 0.3) is 0 Å². The third kappa shape index (κ3) is 4.82. The first kappa shape index (κ1) is 19.4. The maximum absolute atomic E-state index is 12.5. The fourth-order valence-electron chi connectivity index (χ4n) is 3.36. The molecule has 0 aromatic heterocycles. The van der Waals surface area contributed by atoms with E-state index in [1.54, 1.807) is 14.0 Å². The Morgan fingerprint density at radius 3 is 2.44 bits per heavy atom. The second-order valence-corrected chi connectivity index (χ2v) is 6.73. The third-order valence-corrected chi connectivity index (χ3v) is 4.86. The Balaban J connectivity index is 2.10. The number of esters is 2. The molecule has 0 amide bonds. The Hall–Kier alpha value is -1.88. The van der Waals surface area contributed by atoms with E-state index in [0.29, 0.717) is 25.7 Å². The van der Waals surface area contributed by atoms with Gasteiger partial charge in [-0.1, -0.05) is 23.8 Å². The number of aryl methyl sites for hydroxylation is 2. The van der Waals surface area contributed by atoms with Crippen LogP contribution in [0.2, 0.25) is 0 Å². The Labute approximate surface area is 149 Å². The summed E-state index contributed by atoms with van der Waals surface area (Å²) in [6.07, 6.45) is 2.46. The molecular formula is C20H28O5. The van der Waals surface area contributed by atoms with E-state index >= 15 is 0 Å². The second kappa shape index (κ2) is 8.48. The molecule has 5 nitrogen and oxygen atoms in total. The topological polar surface area (TPSA) is 61.8 Å². The van der Waals surface area contributed by atoms with Crippen LogP contribution < -0.4 is 0 Å². The van der Waals surface area contributed by atoms with Gasteiger partial charge in [0.1, 0.15) is 0 Å². The SMILES string of the molecule is CCOC(=O)C1(OC(=O)Cc2ccc(C)cc2C)CCC(OC)CC1. The molecule has 2 rings (SSSR count). The van der Waals surface area contributed by atoms with Crippen LogP contribution in [0.3, 0.4) is 0 Å². The average molecular weight is 348 g/mol. The predicted molar refractivity (Wildman–Crippen MR) is 94.3 cm³/mol. The van der Waals surface area contributed by atoms with Gasteiger partial charge in [-0.15, -0.1) is 0 Å². The molecule has 0 saturated heterocycles. The molecule has 25 heavy (non-hydrogen) atoms. The van der Waals surface area contributed by atoms with Crippen molar-refractivity contribution in [2.24, 2.45) is 0 Å². The van der Waals surface area contributed by atoms with Crippen LogP contribution in [0.4, 0.5) is 0 Å². The number of rotatable bonds is 6. The summed E-state index contributed by atoms with van der Waals surface area (Å²) in [5.74, 6) is -0.839. The average Bonchev–Trinajstić information content (AvgIpc) is 2.58. The number of hydrogen-bond donors (Lipinski definition) is 0. The maximum Gasteiger partial charge on any atom is 0.350 e. The number of methoxy groups -OCH3 is 1. The standard InChI is InChI=1S/C20H28O5/c1-5-24-19(22)20(10-8-17(23-4)9-11-20)25-18(21)13-16-7-6-14(2)12-15(16)3/h6-7,12,17H,5,8-11,13H2,1-4H3. The molecule has 138 valence electrons. The summed E-state index contributed by atoms with van der Waals surface area (Å²) in [7, 11) is 1.66. The van der Waals surface area contributed by atoms with Crippen molar-refractivity contribution >= 4 is 11.9 Å². The monoisotopic (exact) mass is 348 g/mol. The highest BCUT2D eigenvalue weighted by Gasteiger charge is 2.46. The molecule has 1 aromatic carbocycles. The molecule has 0 heterocycles. The Bertz CT molecular complexity index is 615. The fraction of sp³-hybridized carbons (Fsp3) is 0.600. The largest absolute Gasteiger partial charge is 0.463 e. The van der Waals surface area contributed by atoms with Gasteiger partial charge < -0.3 is 14.2 Å². The van der Waals surface area contributed by atoms with Gasteiger partial charge in [-0.2, -0.15) is 0 Å². The molecule has 1 saturated carbocycles. The normalized spacial score (nSPS) is 23.1. The minimum Gasteiger partial charge on any atom is -0.463 e. The lowest BCUT2D eigenvalue weighted by atomic mass is 9.83. The molecule has 0 radical (unpaired) electrons. The van der Waals surface area contributed by atoms with Gasteiger partial charge in [0.05, 0.1) is 19.1 Å². The minimum absolute atomic E-state index is 0.0978. The lowest BCUT2D eigenvalue weighted by molar-refractivity contribution is -0.189.